The third-order valence-electron chi connectivity index (χ3n) is 3.78. The van der Waals surface area contributed by atoms with E-state index in [2.05, 4.69) is 4.98 Å². The smallest absolute Gasteiger partial charge is 0.197 e. The van der Waals surface area contributed by atoms with E-state index in [0.717, 1.165) is 47.9 Å². The van der Waals surface area contributed by atoms with Gasteiger partial charge in [-0.1, -0.05) is 23.7 Å². The van der Waals surface area contributed by atoms with Crippen LogP contribution in [0.1, 0.15) is 37.5 Å². The minimum absolute atomic E-state index is 0. The summed E-state index contributed by atoms with van der Waals surface area (Å²) in [4.78, 5) is 4.61. The van der Waals surface area contributed by atoms with Gasteiger partial charge in [0.05, 0.1) is 0 Å². The quantitative estimate of drug-likeness (QED) is 0.894. The maximum absolute atomic E-state index is 5.92. The largest absolute Gasteiger partial charge is 0.448 e. The summed E-state index contributed by atoms with van der Waals surface area (Å²) >= 11 is 5.88. The molecule has 0 saturated heterocycles. The lowest BCUT2D eigenvalue weighted by Gasteiger charge is -2.23. The number of halogens is 2. The SMILES string of the molecule is Cl.NC1CCC(c2nc(-c3ccc(Cl)cc3)co2)CC1. The molecule has 0 unspecified atom stereocenters. The minimum Gasteiger partial charge on any atom is -0.448 e. The number of benzene rings is 1. The lowest BCUT2D eigenvalue weighted by Crippen LogP contribution is -2.25. The van der Waals surface area contributed by atoms with Crippen molar-refractivity contribution in [2.45, 2.75) is 37.6 Å². The molecule has 1 saturated carbocycles. The summed E-state index contributed by atoms with van der Waals surface area (Å²) in [5.41, 5.74) is 7.83. The van der Waals surface area contributed by atoms with Crippen LogP contribution >= 0.6 is 24.0 Å². The molecule has 2 aromatic rings. The molecule has 1 aliphatic rings. The average molecular weight is 313 g/mol. The van der Waals surface area contributed by atoms with Crippen molar-refractivity contribution in [2.75, 3.05) is 0 Å². The van der Waals surface area contributed by atoms with Crippen LogP contribution in [0.25, 0.3) is 11.3 Å². The maximum Gasteiger partial charge on any atom is 0.197 e. The predicted molar refractivity (Wildman–Crippen MR) is 83.4 cm³/mol. The first-order valence-electron chi connectivity index (χ1n) is 6.69. The molecule has 0 aliphatic heterocycles. The van der Waals surface area contributed by atoms with Crippen LogP contribution in [0.15, 0.2) is 34.9 Å². The highest BCUT2D eigenvalue weighted by Gasteiger charge is 2.23. The molecule has 0 atom stereocenters. The first-order valence-corrected chi connectivity index (χ1v) is 7.07. The Hall–Kier alpha value is -1.03. The highest BCUT2D eigenvalue weighted by atomic mass is 35.5. The number of hydrogen-bond acceptors (Lipinski definition) is 3. The Bertz CT molecular complexity index is 545. The molecule has 2 N–H and O–H groups in total. The maximum atomic E-state index is 5.92. The molecule has 1 fully saturated rings. The average Bonchev–Trinajstić information content (AvgIpc) is 2.90. The van der Waals surface area contributed by atoms with Crippen LogP contribution in [0.2, 0.25) is 5.02 Å². The van der Waals surface area contributed by atoms with Crippen LogP contribution in [0.4, 0.5) is 0 Å². The van der Waals surface area contributed by atoms with Gasteiger partial charge in [0.1, 0.15) is 12.0 Å². The van der Waals surface area contributed by atoms with E-state index in [1.807, 2.05) is 24.3 Å². The van der Waals surface area contributed by atoms with Gasteiger partial charge in [-0.15, -0.1) is 12.4 Å². The molecule has 1 aromatic heterocycles. The number of oxazole rings is 1. The molecule has 0 radical (unpaired) electrons. The van der Waals surface area contributed by atoms with Gasteiger partial charge < -0.3 is 10.2 Å². The van der Waals surface area contributed by atoms with Gasteiger partial charge in [-0.25, -0.2) is 4.98 Å². The number of rotatable bonds is 2. The summed E-state index contributed by atoms with van der Waals surface area (Å²) < 4.78 is 5.64. The molecule has 0 bridgehead atoms. The molecule has 108 valence electrons. The second-order valence-corrected chi connectivity index (χ2v) is 5.63. The molecule has 1 aromatic carbocycles. The summed E-state index contributed by atoms with van der Waals surface area (Å²) in [5, 5.41) is 0.730. The monoisotopic (exact) mass is 312 g/mol. The second kappa shape index (κ2) is 6.61. The lowest BCUT2D eigenvalue weighted by atomic mass is 9.86. The van der Waals surface area contributed by atoms with E-state index in [0.29, 0.717) is 12.0 Å². The Labute approximate surface area is 129 Å². The molecular formula is C15H18Cl2N2O. The number of nitrogens with zero attached hydrogens (tertiary/aromatic N) is 1. The number of hydrogen-bond donors (Lipinski definition) is 1. The van der Waals surface area contributed by atoms with Gasteiger partial charge in [-0.3, -0.25) is 0 Å². The molecule has 0 spiro atoms. The highest BCUT2D eigenvalue weighted by molar-refractivity contribution is 6.30. The fourth-order valence-electron chi connectivity index (χ4n) is 2.59. The molecule has 20 heavy (non-hydrogen) atoms. The Morgan fingerprint density at radius 1 is 1.10 bits per heavy atom. The lowest BCUT2D eigenvalue weighted by molar-refractivity contribution is 0.339. The molecule has 3 rings (SSSR count). The van der Waals surface area contributed by atoms with Gasteiger partial charge in [0.15, 0.2) is 5.89 Å². The van der Waals surface area contributed by atoms with E-state index in [4.69, 9.17) is 21.8 Å². The Morgan fingerprint density at radius 2 is 1.75 bits per heavy atom. The fourth-order valence-corrected chi connectivity index (χ4v) is 2.72. The van der Waals surface area contributed by atoms with E-state index in [9.17, 15) is 0 Å². The van der Waals surface area contributed by atoms with Gasteiger partial charge in [0.2, 0.25) is 0 Å². The summed E-state index contributed by atoms with van der Waals surface area (Å²) in [6.45, 7) is 0. The third kappa shape index (κ3) is 3.35. The Morgan fingerprint density at radius 3 is 2.40 bits per heavy atom. The van der Waals surface area contributed by atoms with E-state index in [1.165, 1.54) is 0 Å². The highest BCUT2D eigenvalue weighted by Crippen LogP contribution is 2.33. The van der Waals surface area contributed by atoms with Crippen molar-refractivity contribution in [2.24, 2.45) is 5.73 Å². The summed E-state index contributed by atoms with van der Waals surface area (Å²) in [6.07, 6.45) is 5.99. The van der Waals surface area contributed by atoms with E-state index < -0.39 is 0 Å². The first kappa shape index (κ1) is 15.4. The van der Waals surface area contributed by atoms with E-state index in [-0.39, 0.29) is 12.4 Å². The standard InChI is InChI=1S/C15H17ClN2O.ClH/c16-12-5-1-10(2-6-12)14-9-19-15(18-14)11-3-7-13(17)8-4-11;/h1-2,5-6,9,11,13H,3-4,7-8,17H2;1H. The topological polar surface area (TPSA) is 52.0 Å². The third-order valence-corrected chi connectivity index (χ3v) is 4.03. The number of aromatic nitrogens is 1. The second-order valence-electron chi connectivity index (χ2n) is 5.19. The van der Waals surface area contributed by atoms with Crippen LogP contribution in [-0.2, 0) is 0 Å². The molecule has 5 heteroatoms. The Balaban J connectivity index is 0.00000147. The molecule has 1 aliphatic carbocycles. The Kier molecular flexibility index (Phi) is 5.08. The van der Waals surface area contributed by atoms with Crippen molar-refractivity contribution in [3.63, 3.8) is 0 Å². The molecule has 1 heterocycles. The van der Waals surface area contributed by atoms with E-state index in [1.54, 1.807) is 6.26 Å². The van der Waals surface area contributed by atoms with Gasteiger partial charge >= 0.3 is 0 Å². The van der Waals surface area contributed by atoms with Crippen molar-refractivity contribution in [3.05, 3.63) is 41.4 Å². The van der Waals surface area contributed by atoms with Gasteiger partial charge in [0, 0.05) is 22.5 Å². The summed E-state index contributed by atoms with van der Waals surface area (Å²) in [7, 11) is 0. The van der Waals surface area contributed by atoms with Gasteiger partial charge in [-0.05, 0) is 37.8 Å². The normalized spacial score (nSPS) is 22.3. The van der Waals surface area contributed by atoms with Crippen molar-refractivity contribution >= 4 is 24.0 Å². The van der Waals surface area contributed by atoms with Crippen LogP contribution in [0.3, 0.4) is 0 Å². The zero-order valence-electron chi connectivity index (χ0n) is 11.1. The molecular weight excluding hydrogens is 295 g/mol. The summed E-state index contributed by atoms with van der Waals surface area (Å²) in [6, 6.07) is 8.00. The van der Waals surface area contributed by atoms with Crippen LogP contribution in [0.5, 0.6) is 0 Å². The number of nitrogens with two attached hydrogens (primary N) is 1. The van der Waals surface area contributed by atoms with E-state index >= 15 is 0 Å². The molecule has 0 amide bonds. The fraction of sp³-hybridized carbons (Fsp3) is 0.400. The van der Waals surface area contributed by atoms with Crippen LogP contribution < -0.4 is 5.73 Å². The summed E-state index contributed by atoms with van der Waals surface area (Å²) in [5.74, 6) is 1.26. The van der Waals surface area contributed by atoms with Crippen molar-refractivity contribution in [1.82, 2.24) is 4.98 Å². The zero-order chi connectivity index (χ0) is 13.2. The zero-order valence-corrected chi connectivity index (χ0v) is 12.7. The van der Waals surface area contributed by atoms with Crippen molar-refractivity contribution in [3.8, 4) is 11.3 Å². The van der Waals surface area contributed by atoms with Gasteiger partial charge in [-0.2, -0.15) is 0 Å². The van der Waals surface area contributed by atoms with Crippen LogP contribution in [0, 0.1) is 0 Å². The minimum atomic E-state index is 0. The first-order chi connectivity index (χ1) is 9.22. The van der Waals surface area contributed by atoms with Gasteiger partial charge in [0.25, 0.3) is 0 Å². The van der Waals surface area contributed by atoms with Crippen molar-refractivity contribution in [1.29, 1.82) is 0 Å². The molecule has 3 nitrogen and oxygen atoms in total. The van der Waals surface area contributed by atoms with Crippen LogP contribution in [-0.4, -0.2) is 11.0 Å². The van der Waals surface area contributed by atoms with Crippen molar-refractivity contribution < 1.29 is 4.42 Å². The predicted octanol–water partition coefficient (Wildman–Crippen LogP) is 4.40.